The van der Waals surface area contributed by atoms with E-state index in [2.05, 4.69) is 0 Å². The zero-order valence-corrected chi connectivity index (χ0v) is 15.0. The van der Waals surface area contributed by atoms with Crippen molar-refractivity contribution in [2.75, 3.05) is 28.4 Å². The first-order chi connectivity index (χ1) is 12.5. The molecule has 0 aromatic carbocycles. The van der Waals surface area contributed by atoms with Gasteiger partial charge in [-0.1, -0.05) is 6.08 Å². The molecule has 0 amide bonds. The van der Waals surface area contributed by atoms with Crippen molar-refractivity contribution in [1.29, 1.82) is 0 Å². The average molecular weight is 364 g/mol. The second kappa shape index (κ2) is 6.78. The van der Waals surface area contributed by atoms with E-state index in [1.165, 1.54) is 28.4 Å². The Kier molecular flexibility index (Phi) is 4.67. The van der Waals surface area contributed by atoms with Crippen molar-refractivity contribution in [2.24, 2.45) is 5.92 Å². The molecule has 3 aliphatic rings. The second-order valence-corrected chi connectivity index (χ2v) is 5.82. The average Bonchev–Trinajstić information content (AvgIpc) is 3.09. The number of hydrogen-bond acceptors (Lipinski definition) is 8. The normalized spacial score (nSPS) is 29.4. The van der Waals surface area contributed by atoms with E-state index < -0.39 is 17.5 Å². The van der Waals surface area contributed by atoms with Gasteiger partial charge in [0, 0.05) is 5.92 Å². The molecule has 8 heteroatoms. The Bertz CT molecular complexity index is 757. The smallest absolute Gasteiger partial charge is 0.383 e. The minimum Gasteiger partial charge on any atom is -0.493 e. The first kappa shape index (κ1) is 17.9. The molecule has 0 saturated heterocycles. The molecule has 140 valence electrons. The Morgan fingerprint density at radius 3 is 2.31 bits per heavy atom. The van der Waals surface area contributed by atoms with E-state index in [1.807, 2.05) is 6.08 Å². The summed E-state index contributed by atoms with van der Waals surface area (Å²) in [5.74, 6) is -0.908. The fraction of sp³-hybridized carbons (Fsp3) is 0.444. The summed E-state index contributed by atoms with van der Waals surface area (Å²) in [5, 5.41) is 0. The second-order valence-electron chi connectivity index (χ2n) is 5.82. The molecule has 2 unspecified atom stereocenters. The number of allylic oxidation sites excluding steroid dienone is 1. The van der Waals surface area contributed by atoms with Gasteiger partial charge in [-0.2, -0.15) is 0 Å². The highest BCUT2D eigenvalue weighted by molar-refractivity contribution is 5.92. The van der Waals surface area contributed by atoms with Crippen LogP contribution >= 0.6 is 0 Å². The molecule has 0 radical (unpaired) electrons. The summed E-state index contributed by atoms with van der Waals surface area (Å²) in [5.41, 5.74) is -1.16. The van der Waals surface area contributed by atoms with Gasteiger partial charge in [-0.05, 0) is 25.0 Å². The predicted octanol–water partition coefficient (Wildman–Crippen LogP) is 1.70. The molecule has 2 heterocycles. The molecule has 3 rings (SSSR count). The van der Waals surface area contributed by atoms with E-state index in [9.17, 15) is 9.59 Å². The number of cyclic esters (lactones) is 1. The summed E-state index contributed by atoms with van der Waals surface area (Å²) < 4.78 is 31.8. The van der Waals surface area contributed by atoms with Crippen molar-refractivity contribution in [3.05, 3.63) is 47.0 Å². The number of rotatable bonds is 5. The summed E-state index contributed by atoms with van der Waals surface area (Å²) in [7, 11) is 5.60. The lowest BCUT2D eigenvalue weighted by Crippen LogP contribution is -2.40. The Morgan fingerprint density at radius 1 is 1.00 bits per heavy atom. The summed E-state index contributed by atoms with van der Waals surface area (Å²) in [6, 6.07) is 0. The quantitative estimate of drug-likeness (QED) is 0.538. The van der Waals surface area contributed by atoms with Gasteiger partial charge >= 0.3 is 11.9 Å². The van der Waals surface area contributed by atoms with Gasteiger partial charge in [0.1, 0.15) is 0 Å². The van der Waals surface area contributed by atoms with E-state index >= 15 is 0 Å². The van der Waals surface area contributed by atoms with E-state index in [4.69, 9.17) is 28.4 Å². The van der Waals surface area contributed by atoms with Crippen LogP contribution in [0, 0.1) is 5.92 Å². The highest BCUT2D eigenvalue weighted by atomic mass is 16.6. The topological polar surface area (TPSA) is 89.5 Å². The van der Waals surface area contributed by atoms with Gasteiger partial charge in [-0.25, -0.2) is 9.59 Å². The third-order valence-corrected chi connectivity index (χ3v) is 4.56. The Labute approximate surface area is 150 Å². The van der Waals surface area contributed by atoms with Crippen LogP contribution in [0.5, 0.6) is 0 Å². The standard InChI is InChI=1S/C18H20O8/c1-21-12-11(25-16(19)13(12)22-2)9-10-7-5-6-8-18(10)15(24-4)14(23-3)17(20)26-18/h6,8-10H,5,7H2,1-4H3. The maximum Gasteiger partial charge on any atom is 0.383 e. The lowest BCUT2D eigenvalue weighted by atomic mass is 9.78. The van der Waals surface area contributed by atoms with Crippen molar-refractivity contribution in [2.45, 2.75) is 18.4 Å². The van der Waals surface area contributed by atoms with E-state index in [1.54, 1.807) is 12.2 Å². The van der Waals surface area contributed by atoms with Crippen LogP contribution in [0.3, 0.4) is 0 Å². The van der Waals surface area contributed by atoms with Crippen LogP contribution in [-0.2, 0) is 38.0 Å². The third-order valence-electron chi connectivity index (χ3n) is 4.56. The van der Waals surface area contributed by atoms with E-state index in [0.29, 0.717) is 6.42 Å². The van der Waals surface area contributed by atoms with Gasteiger partial charge in [-0.15, -0.1) is 0 Å². The Morgan fingerprint density at radius 2 is 1.69 bits per heavy atom. The molecule has 0 fully saturated rings. The number of esters is 2. The number of carbonyl (C=O) groups excluding carboxylic acids is 2. The molecule has 0 aromatic heterocycles. The van der Waals surface area contributed by atoms with E-state index in [0.717, 1.165) is 6.42 Å². The van der Waals surface area contributed by atoms with Crippen molar-refractivity contribution in [1.82, 2.24) is 0 Å². The molecular weight excluding hydrogens is 344 g/mol. The van der Waals surface area contributed by atoms with Gasteiger partial charge in [-0.3, -0.25) is 0 Å². The number of hydrogen-bond donors (Lipinski definition) is 0. The minimum atomic E-state index is -1.16. The van der Waals surface area contributed by atoms with Gasteiger partial charge in [0.05, 0.1) is 28.4 Å². The van der Waals surface area contributed by atoms with Gasteiger partial charge in [0.15, 0.2) is 17.1 Å². The van der Waals surface area contributed by atoms with Crippen LogP contribution in [0.25, 0.3) is 0 Å². The number of ether oxygens (including phenoxy) is 6. The fourth-order valence-electron chi connectivity index (χ4n) is 3.44. The van der Waals surface area contributed by atoms with Crippen LogP contribution in [0.15, 0.2) is 47.0 Å². The Balaban J connectivity index is 2.07. The molecule has 0 saturated carbocycles. The zero-order chi connectivity index (χ0) is 18.9. The zero-order valence-electron chi connectivity index (χ0n) is 15.0. The maximum atomic E-state index is 12.2. The van der Waals surface area contributed by atoms with Crippen LogP contribution in [0.2, 0.25) is 0 Å². The summed E-state index contributed by atoms with van der Waals surface area (Å²) in [6.45, 7) is 0. The molecule has 8 nitrogen and oxygen atoms in total. The third kappa shape index (κ3) is 2.53. The number of carbonyl (C=O) groups is 2. The lowest BCUT2D eigenvalue weighted by molar-refractivity contribution is -0.150. The van der Waals surface area contributed by atoms with Crippen molar-refractivity contribution in [3.8, 4) is 0 Å². The molecule has 26 heavy (non-hydrogen) atoms. The van der Waals surface area contributed by atoms with Crippen molar-refractivity contribution in [3.63, 3.8) is 0 Å². The van der Waals surface area contributed by atoms with Gasteiger partial charge in [0.25, 0.3) is 5.76 Å². The largest absolute Gasteiger partial charge is 0.493 e. The van der Waals surface area contributed by atoms with Crippen LogP contribution in [0.4, 0.5) is 0 Å². The SMILES string of the molecule is COC1=C(OC)C(=CC2CCC=CC23OC(=O)C(OC)=C3OC)OC1=O. The minimum absolute atomic E-state index is 0.0114. The Hall–Kier alpha value is -2.90. The molecular formula is C18H20O8. The highest BCUT2D eigenvalue weighted by Gasteiger charge is 2.54. The van der Waals surface area contributed by atoms with Gasteiger partial charge in [0.2, 0.25) is 11.5 Å². The first-order valence-electron chi connectivity index (χ1n) is 8.02. The number of methoxy groups -OCH3 is 4. The molecule has 1 spiro atoms. The molecule has 0 bridgehead atoms. The molecule has 0 N–H and O–H groups in total. The molecule has 2 atom stereocenters. The molecule has 2 aliphatic heterocycles. The monoisotopic (exact) mass is 364 g/mol. The van der Waals surface area contributed by atoms with Crippen molar-refractivity contribution < 1.29 is 38.0 Å². The summed E-state index contributed by atoms with van der Waals surface area (Å²) >= 11 is 0. The predicted molar refractivity (Wildman–Crippen MR) is 87.0 cm³/mol. The fourth-order valence-corrected chi connectivity index (χ4v) is 3.44. The van der Waals surface area contributed by atoms with Crippen LogP contribution in [-0.4, -0.2) is 46.0 Å². The van der Waals surface area contributed by atoms with Crippen LogP contribution in [0.1, 0.15) is 12.8 Å². The maximum absolute atomic E-state index is 12.2. The summed E-state index contributed by atoms with van der Waals surface area (Å²) in [4.78, 5) is 24.2. The molecule has 0 aromatic rings. The van der Waals surface area contributed by atoms with E-state index in [-0.39, 0.29) is 34.7 Å². The first-order valence-corrected chi connectivity index (χ1v) is 8.02. The van der Waals surface area contributed by atoms with Crippen molar-refractivity contribution >= 4 is 11.9 Å². The van der Waals surface area contributed by atoms with Gasteiger partial charge < -0.3 is 28.4 Å². The summed E-state index contributed by atoms with van der Waals surface area (Å²) in [6.07, 6.45) is 6.76. The molecule has 1 aliphatic carbocycles. The van der Waals surface area contributed by atoms with Crippen LogP contribution < -0.4 is 0 Å². The highest BCUT2D eigenvalue weighted by Crippen LogP contribution is 2.46. The lowest BCUT2D eigenvalue weighted by Gasteiger charge is -2.35.